The smallest absolute Gasteiger partial charge is 0.329 e. The molecule has 17 heavy (non-hydrogen) atoms. The van der Waals surface area contributed by atoms with Crippen LogP contribution in [0, 0.1) is 0 Å². The first-order valence-electron chi connectivity index (χ1n) is 6.14. The van der Waals surface area contributed by atoms with Crippen LogP contribution in [-0.2, 0) is 4.79 Å². The van der Waals surface area contributed by atoms with Crippen molar-refractivity contribution in [1.82, 2.24) is 10.2 Å². The molecule has 0 aliphatic rings. The lowest BCUT2D eigenvalue weighted by Gasteiger charge is -2.28. The highest BCUT2D eigenvalue weighted by atomic mass is 16.4. The van der Waals surface area contributed by atoms with Crippen molar-refractivity contribution >= 4 is 12.0 Å². The van der Waals surface area contributed by atoms with E-state index in [-0.39, 0.29) is 6.03 Å². The molecule has 2 N–H and O–H groups in total. The van der Waals surface area contributed by atoms with Crippen molar-refractivity contribution in [1.29, 1.82) is 0 Å². The number of hydrogen-bond donors (Lipinski definition) is 2. The lowest BCUT2D eigenvalue weighted by molar-refractivity contribution is -0.144. The maximum absolute atomic E-state index is 11.8. The average molecular weight is 244 g/mol. The van der Waals surface area contributed by atoms with Gasteiger partial charge in [0, 0.05) is 13.6 Å². The molecule has 0 radical (unpaired) electrons. The van der Waals surface area contributed by atoms with Crippen molar-refractivity contribution in [3.8, 4) is 0 Å². The molecule has 0 fully saturated rings. The number of unbranched alkanes of at least 4 members (excludes halogenated alkanes) is 1. The Labute approximate surface area is 103 Å². The van der Waals surface area contributed by atoms with Crippen LogP contribution in [0.15, 0.2) is 0 Å². The Morgan fingerprint density at radius 2 is 1.88 bits per heavy atom. The Morgan fingerprint density at radius 3 is 2.29 bits per heavy atom. The Bertz CT molecular complexity index is 268. The summed E-state index contributed by atoms with van der Waals surface area (Å²) >= 11 is 0. The van der Waals surface area contributed by atoms with Crippen molar-refractivity contribution < 1.29 is 14.7 Å². The first kappa shape index (κ1) is 15.7. The first-order chi connectivity index (χ1) is 7.87. The number of rotatable bonds is 7. The zero-order valence-electron chi connectivity index (χ0n) is 11.2. The van der Waals surface area contributed by atoms with Crippen LogP contribution >= 0.6 is 0 Å². The van der Waals surface area contributed by atoms with Crippen molar-refractivity contribution in [2.45, 2.75) is 52.0 Å². The van der Waals surface area contributed by atoms with Gasteiger partial charge in [0.05, 0.1) is 0 Å². The zero-order chi connectivity index (χ0) is 13.5. The number of urea groups is 1. The van der Waals surface area contributed by atoms with Gasteiger partial charge in [0.25, 0.3) is 0 Å². The lowest BCUT2D eigenvalue weighted by Crippen LogP contribution is -2.55. The van der Waals surface area contributed by atoms with E-state index < -0.39 is 11.5 Å². The second kappa shape index (κ2) is 7.14. The van der Waals surface area contributed by atoms with Gasteiger partial charge in [-0.25, -0.2) is 9.59 Å². The third-order valence-electron chi connectivity index (χ3n) is 2.80. The number of hydrogen-bond acceptors (Lipinski definition) is 2. The number of carboxylic acids is 1. The summed E-state index contributed by atoms with van der Waals surface area (Å²) in [4.78, 5) is 24.5. The molecule has 0 aromatic heterocycles. The highest BCUT2D eigenvalue weighted by molar-refractivity contribution is 5.85. The molecule has 5 nitrogen and oxygen atoms in total. The zero-order valence-corrected chi connectivity index (χ0v) is 11.2. The molecular weight excluding hydrogens is 220 g/mol. The molecule has 0 aromatic carbocycles. The van der Waals surface area contributed by atoms with Crippen LogP contribution in [0.25, 0.3) is 0 Å². The minimum Gasteiger partial charge on any atom is -0.480 e. The molecule has 100 valence electrons. The van der Waals surface area contributed by atoms with E-state index in [1.165, 1.54) is 4.90 Å². The summed E-state index contributed by atoms with van der Waals surface area (Å²) in [5, 5.41) is 11.7. The Kier molecular flexibility index (Phi) is 6.61. The van der Waals surface area contributed by atoms with Gasteiger partial charge in [-0.1, -0.05) is 26.7 Å². The Morgan fingerprint density at radius 1 is 1.29 bits per heavy atom. The summed E-state index contributed by atoms with van der Waals surface area (Å²) in [7, 11) is 1.68. The molecule has 0 bridgehead atoms. The molecule has 0 aliphatic carbocycles. The third-order valence-corrected chi connectivity index (χ3v) is 2.80. The molecule has 0 saturated heterocycles. The van der Waals surface area contributed by atoms with Crippen LogP contribution in [0.4, 0.5) is 4.79 Å². The van der Waals surface area contributed by atoms with Gasteiger partial charge in [-0.3, -0.25) is 0 Å². The van der Waals surface area contributed by atoms with E-state index in [0.29, 0.717) is 19.4 Å². The molecular formula is C12H24N2O3. The summed E-state index contributed by atoms with van der Waals surface area (Å²) in [6.07, 6.45) is 3.06. The quantitative estimate of drug-likeness (QED) is 0.720. The van der Waals surface area contributed by atoms with E-state index in [2.05, 4.69) is 5.32 Å². The van der Waals surface area contributed by atoms with Crippen LogP contribution in [0.3, 0.4) is 0 Å². The van der Waals surface area contributed by atoms with Crippen molar-refractivity contribution in [2.75, 3.05) is 13.6 Å². The predicted octanol–water partition coefficient (Wildman–Crippen LogP) is 2.07. The Balaban J connectivity index is 4.45. The molecule has 1 atom stereocenters. The van der Waals surface area contributed by atoms with E-state index in [1.807, 2.05) is 13.8 Å². The van der Waals surface area contributed by atoms with Crippen LogP contribution in [0.2, 0.25) is 0 Å². The lowest BCUT2D eigenvalue weighted by atomic mass is 9.96. The minimum absolute atomic E-state index is 0.322. The first-order valence-corrected chi connectivity index (χ1v) is 6.14. The molecule has 0 rings (SSSR count). The molecule has 0 aromatic rings. The summed E-state index contributed by atoms with van der Waals surface area (Å²) in [5.41, 5.74) is -1.17. The minimum atomic E-state index is -1.17. The molecule has 0 saturated carbocycles. The van der Waals surface area contributed by atoms with Gasteiger partial charge in [-0.05, 0) is 19.8 Å². The Hall–Kier alpha value is -1.26. The highest BCUT2D eigenvalue weighted by Gasteiger charge is 2.34. The molecule has 0 heterocycles. The van der Waals surface area contributed by atoms with E-state index in [4.69, 9.17) is 5.11 Å². The standard InChI is InChI=1S/C12H24N2O3/c1-5-7-9-14(4)11(17)13-12(3,8-6-2)10(15)16/h5-9H2,1-4H3,(H,13,17)(H,15,16). The maximum atomic E-state index is 11.8. The fourth-order valence-electron chi connectivity index (χ4n) is 1.55. The fourth-order valence-corrected chi connectivity index (χ4v) is 1.55. The van der Waals surface area contributed by atoms with Crippen LogP contribution in [0.5, 0.6) is 0 Å². The number of carbonyl (C=O) groups excluding carboxylic acids is 1. The van der Waals surface area contributed by atoms with Crippen LogP contribution in [0.1, 0.15) is 46.5 Å². The van der Waals surface area contributed by atoms with Crippen molar-refractivity contribution in [3.63, 3.8) is 0 Å². The van der Waals surface area contributed by atoms with Gasteiger partial charge >= 0.3 is 12.0 Å². The normalized spacial score (nSPS) is 13.9. The molecule has 1 unspecified atom stereocenters. The summed E-state index contributed by atoms with van der Waals surface area (Å²) in [6, 6.07) is -0.322. The number of aliphatic carboxylic acids is 1. The van der Waals surface area contributed by atoms with Gasteiger partial charge in [0.1, 0.15) is 5.54 Å². The molecule has 0 spiro atoms. The summed E-state index contributed by atoms with van der Waals surface area (Å²) < 4.78 is 0. The summed E-state index contributed by atoms with van der Waals surface area (Å²) in [5.74, 6) is -0.989. The van der Waals surface area contributed by atoms with Gasteiger partial charge in [0.15, 0.2) is 0 Å². The van der Waals surface area contributed by atoms with E-state index in [1.54, 1.807) is 14.0 Å². The number of amides is 2. The second-order valence-electron chi connectivity index (χ2n) is 4.59. The topological polar surface area (TPSA) is 69.6 Å². The van der Waals surface area contributed by atoms with E-state index in [0.717, 1.165) is 12.8 Å². The number of nitrogens with zero attached hydrogens (tertiary/aromatic N) is 1. The van der Waals surface area contributed by atoms with E-state index >= 15 is 0 Å². The molecule has 5 heteroatoms. The number of nitrogens with one attached hydrogen (secondary N) is 1. The van der Waals surface area contributed by atoms with Gasteiger partial charge in [0.2, 0.25) is 0 Å². The number of carbonyl (C=O) groups is 2. The van der Waals surface area contributed by atoms with Crippen LogP contribution < -0.4 is 5.32 Å². The fraction of sp³-hybridized carbons (Fsp3) is 0.833. The maximum Gasteiger partial charge on any atom is 0.329 e. The molecule has 0 aliphatic heterocycles. The van der Waals surface area contributed by atoms with E-state index in [9.17, 15) is 9.59 Å². The average Bonchev–Trinajstić information content (AvgIpc) is 2.25. The van der Waals surface area contributed by atoms with Gasteiger partial charge < -0.3 is 15.3 Å². The van der Waals surface area contributed by atoms with Crippen molar-refractivity contribution in [3.05, 3.63) is 0 Å². The second-order valence-corrected chi connectivity index (χ2v) is 4.59. The molecule has 2 amide bonds. The predicted molar refractivity (Wildman–Crippen MR) is 67.0 cm³/mol. The highest BCUT2D eigenvalue weighted by Crippen LogP contribution is 2.13. The largest absolute Gasteiger partial charge is 0.480 e. The van der Waals surface area contributed by atoms with Gasteiger partial charge in [-0.2, -0.15) is 0 Å². The SMILES string of the molecule is CCCCN(C)C(=O)NC(C)(CCC)C(=O)O. The van der Waals surface area contributed by atoms with Crippen LogP contribution in [-0.4, -0.2) is 41.1 Å². The third kappa shape index (κ3) is 5.06. The monoisotopic (exact) mass is 244 g/mol. The van der Waals surface area contributed by atoms with Crippen molar-refractivity contribution in [2.24, 2.45) is 0 Å². The van der Waals surface area contributed by atoms with Gasteiger partial charge in [-0.15, -0.1) is 0 Å². The summed E-state index contributed by atoms with van der Waals surface area (Å²) in [6.45, 7) is 6.13. The number of carboxylic acid groups (broad SMARTS) is 1.